The van der Waals surface area contributed by atoms with Crippen molar-refractivity contribution >= 4 is 27.3 Å². The van der Waals surface area contributed by atoms with Gasteiger partial charge in [0, 0.05) is 21.3 Å². The lowest BCUT2D eigenvalue weighted by molar-refractivity contribution is 0.309. The Bertz CT molecular complexity index is 438. The van der Waals surface area contributed by atoms with Crippen molar-refractivity contribution in [2.45, 2.75) is 20.1 Å². The first-order valence-corrected chi connectivity index (χ1v) is 6.33. The van der Waals surface area contributed by atoms with Gasteiger partial charge >= 0.3 is 0 Å². The summed E-state index contributed by atoms with van der Waals surface area (Å²) in [4.78, 5) is 1.20. The maximum Gasteiger partial charge on any atom is 0.157 e. The van der Waals surface area contributed by atoms with Crippen LogP contribution in [0.4, 0.5) is 0 Å². The molecule has 0 amide bonds. The topological polar surface area (TPSA) is 27.1 Å². The number of aromatic nitrogens is 2. The van der Waals surface area contributed by atoms with Crippen molar-refractivity contribution in [1.82, 2.24) is 9.78 Å². The highest BCUT2D eigenvalue weighted by atomic mass is 79.9. The van der Waals surface area contributed by atoms with E-state index in [1.54, 1.807) is 17.5 Å². The van der Waals surface area contributed by atoms with Gasteiger partial charge < -0.3 is 4.74 Å². The predicted molar refractivity (Wildman–Crippen MR) is 64.3 cm³/mol. The first-order valence-electron chi connectivity index (χ1n) is 4.66. The fraction of sp³-hybridized carbons (Fsp3) is 0.300. The van der Waals surface area contributed by atoms with Gasteiger partial charge in [0.25, 0.3) is 0 Å². The van der Waals surface area contributed by atoms with Crippen molar-refractivity contribution in [3.8, 4) is 5.75 Å². The van der Waals surface area contributed by atoms with E-state index >= 15 is 0 Å². The predicted octanol–water partition coefficient (Wildman–Crippen LogP) is 3.31. The first-order chi connectivity index (χ1) is 7.28. The number of nitrogens with zero attached hydrogens (tertiary/aromatic N) is 2. The largest absolute Gasteiger partial charge is 0.485 e. The summed E-state index contributed by atoms with van der Waals surface area (Å²) in [5.41, 5.74) is 0. The molecule has 0 spiro atoms. The Hall–Kier alpha value is -0.810. The van der Waals surface area contributed by atoms with Gasteiger partial charge in [0.05, 0.1) is 12.4 Å². The van der Waals surface area contributed by atoms with Crippen LogP contribution < -0.4 is 4.74 Å². The molecule has 0 saturated heterocycles. The van der Waals surface area contributed by atoms with Crippen LogP contribution in [0.25, 0.3) is 0 Å². The summed E-state index contributed by atoms with van der Waals surface area (Å²) in [6, 6.07) is 2.06. The summed E-state index contributed by atoms with van der Waals surface area (Å²) in [5, 5.41) is 6.19. The zero-order chi connectivity index (χ0) is 10.7. The van der Waals surface area contributed by atoms with Crippen LogP contribution in [0.15, 0.2) is 28.3 Å². The fourth-order valence-corrected chi connectivity index (χ4v) is 2.54. The van der Waals surface area contributed by atoms with Crippen molar-refractivity contribution < 1.29 is 4.74 Å². The van der Waals surface area contributed by atoms with Crippen molar-refractivity contribution in [2.75, 3.05) is 0 Å². The highest BCUT2D eigenvalue weighted by Gasteiger charge is 2.01. The maximum absolute atomic E-state index is 5.59. The summed E-state index contributed by atoms with van der Waals surface area (Å²) in [7, 11) is 0. The summed E-state index contributed by atoms with van der Waals surface area (Å²) in [6.45, 7) is 3.52. The normalized spacial score (nSPS) is 10.5. The van der Waals surface area contributed by atoms with E-state index in [2.05, 4.69) is 27.1 Å². The van der Waals surface area contributed by atoms with Crippen LogP contribution in [0.2, 0.25) is 0 Å². The zero-order valence-corrected chi connectivity index (χ0v) is 10.7. The monoisotopic (exact) mass is 286 g/mol. The Kier molecular flexibility index (Phi) is 3.43. The smallest absolute Gasteiger partial charge is 0.157 e. The average Bonchev–Trinajstić information content (AvgIpc) is 2.83. The molecule has 0 radical (unpaired) electrons. The second-order valence-corrected chi connectivity index (χ2v) is 4.96. The van der Waals surface area contributed by atoms with E-state index in [4.69, 9.17) is 4.74 Å². The third-order valence-electron chi connectivity index (χ3n) is 1.94. The van der Waals surface area contributed by atoms with Crippen molar-refractivity contribution in [2.24, 2.45) is 0 Å². The third-order valence-corrected chi connectivity index (χ3v) is 3.61. The van der Waals surface area contributed by atoms with E-state index in [0.717, 1.165) is 16.8 Å². The highest BCUT2D eigenvalue weighted by Crippen LogP contribution is 2.21. The third kappa shape index (κ3) is 2.82. The number of ether oxygens (including phenoxy) is 1. The lowest BCUT2D eigenvalue weighted by Crippen LogP contribution is -1.93. The van der Waals surface area contributed by atoms with Crippen LogP contribution in [0.1, 0.15) is 11.8 Å². The van der Waals surface area contributed by atoms with Gasteiger partial charge in [-0.25, -0.2) is 0 Å². The molecule has 0 aliphatic carbocycles. The molecule has 5 heteroatoms. The molecule has 0 aliphatic rings. The van der Waals surface area contributed by atoms with Gasteiger partial charge in [-0.15, -0.1) is 11.3 Å². The zero-order valence-electron chi connectivity index (χ0n) is 8.31. The molecule has 3 nitrogen and oxygen atoms in total. The molecule has 2 aromatic heterocycles. The van der Waals surface area contributed by atoms with Crippen LogP contribution in [-0.4, -0.2) is 9.78 Å². The van der Waals surface area contributed by atoms with Crippen LogP contribution in [0.3, 0.4) is 0 Å². The van der Waals surface area contributed by atoms with Crippen LogP contribution in [-0.2, 0) is 13.2 Å². The summed E-state index contributed by atoms with van der Waals surface area (Å²) >= 11 is 5.09. The van der Waals surface area contributed by atoms with Gasteiger partial charge in [0.1, 0.15) is 6.61 Å². The van der Waals surface area contributed by atoms with Crippen LogP contribution >= 0.6 is 27.3 Å². The van der Waals surface area contributed by atoms with E-state index in [-0.39, 0.29) is 0 Å². The molecule has 2 rings (SSSR count). The Labute approximate surface area is 101 Å². The highest BCUT2D eigenvalue weighted by molar-refractivity contribution is 9.10. The molecule has 80 valence electrons. The standard InChI is InChI=1S/C10H11BrN2OS/c1-2-13-5-9(4-12-13)14-6-10-3-8(11)7-15-10/h3-5,7H,2,6H2,1H3. The maximum atomic E-state index is 5.59. The molecule has 15 heavy (non-hydrogen) atoms. The Morgan fingerprint density at radius 2 is 2.47 bits per heavy atom. The summed E-state index contributed by atoms with van der Waals surface area (Å²) in [6.07, 6.45) is 3.65. The molecule has 0 bridgehead atoms. The molecule has 0 saturated carbocycles. The van der Waals surface area contributed by atoms with E-state index < -0.39 is 0 Å². The number of thiophene rings is 1. The Morgan fingerprint density at radius 3 is 3.07 bits per heavy atom. The molecule has 0 N–H and O–H groups in total. The molecule has 2 aromatic rings. The molecule has 2 heterocycles. The fourth-order valence-electron chi connectivity index (χ4n) is 1.18. The Balaban J connectivity index is 1.93. The number of hydrogen-bond acceptors (Lipinski definition) is 3. The minimum atomic E-state index is 0.603. The number of hydrogen-bond donors (Lipinski definition) is 0. The average molecular weight is 287 g/mol. The van der Waals surface area contributed by atoms with Gasteiger partial charge in [0.15, 0.2) is 5.75 Å². The molecular weight excluding hydrogens is 276 g/mol. The minimum Gasteiger partial charge on any atom is -0.485 e. The van der Waals surface area contributed by atoms with Crippen molar-refractivity contribution in [1.29, 1.82) is 0 Å². The van der Waals surface area contributed by atoms with Gasteiger partial charge in [-0.2, -0.15) is 5.10 Å². The summed E-state index contributed by atoms with van der Waals surface area (Å²) in [5.74, 6) is 0.821. The number of aryl methyl sites for hydroxylation is 1. The van der Waals surface area contributed by atoms with Gasteiger partial charge in [-0.3, -0.25) is 4.68 Å². The van der Waals surface area contributed by atoms with Crippen LogP contribution in [0.5, 0.6) is 5.75 Å². The molecular formula is C10H11BrN2OS. The molecule has 0 atom stereocenters. The second-order valence-electron chi connectivity index (χ2n) is 3.05. The van der Waals surface area contributed by atoms with E-state index in [1.165, 1.54) is 4.88 Å². The van der Waals surface area contributed by atoms with E-state index in [1.807, 2.05) is 23.2 Å². The summed E-state index contributed by atoms with van der Waals surface area (Å²) < 4.78 is 8.55. The van der Waals surface area contributed by atoms with E-state index in [9.17, 15) is 0 Å². The quantitative estimate of drug-likeness (QED) is 0.862. The van der Waals surface area contributed by atoms with Crippen LogP contribution in [0, 0.1) is 0 Å². The number of rotatable bonds is 4. The van der Waals surface area contributed by atoms with Gasteiger partial charge in [0.2, 0.25) is 0 Å². The van der Waals surface area contributed by atoms with Crippen molar-refractivity contribution in [3.63, 3.8) is 0 Å². The van der Waals surface area contributed by atoms with Gasteiger partial charge in [-0.05, 0) is 28.9 Å². The van der Waals surface area contributed by atoms with Crippen molar-refractivity contribution in [3.05, 3.63) is 33.2 Å². The van der Waals surface area contributed by atoms with E-state index in [0.29, 0.717) is 6.61 Å². The molecule has 0 unspecified atom stereocenters. The molecule has 0 fully saturated rings. The molecule has 0 aromatic carbocycles. The second kappa shape index (κ2) is 4.81. The Morgan fingerprint density at radius 1 is 1.60 bits per heavy atom. The minimum absolute atomic E-state index is 0.603. The van der Waals surface area contributed by atoms with Gasteiger partial charge in [-0.1, -0.05) is 0 Å². The number of halogens is 1. The lowest BCUT2D eigenvalue weighted by Gasteiger charge is -1.99. The first kappa shape index (κ1) is 10.7. The molecule has 0 aliphatic heterocycles. The SMILES string of the molecule is CCn1cc(OCc2cc(Br)cs2)cn1. The lowest BCUT2D eigenvalue weighted by atomic mass is 10.5.